The number of rotatable bonds is 2. The van der Waals surface area contributed by atoms with Gasteiger partial charge in [-0.2, -0.15) is 22.0 Å². The largest absolute Gasteiger partial charge is 0.455 e. The van der Waals surface area contributed by atoms with Crippen LogP contribution in [0.3, 0.4) is 0 Å². The first-order valence-corrected chi connectivity index (χ1v) is 4.85. The molecular formula is C11H13ClF5N. The van der Waals surface area contributed by atoms with Gasteiger partial charge in [0.15, 0.2) is 0 Å². The van der Waals surface area contributed by atoms with Gasteiger partial charge in [-0.05, 0) is 30.5 Å². The molecule has 2 N–H and O–H groups in total. The summed E-state index contributed by atoms with van der Waals surface area (Å²) in [6, 6.07) is 1.83. The maximum atomic E-state index is 13.1. The molecule has 0 amide bonds. The summed E-state index contributed by atoms with van der Waals surface area (Å²) in [4.78, 5) is 0. The van der Waals surface area contributed by atoms with Gasteiger partial charge in [0.2, 0.25) is 0 Å². The molecule has 0 aliphatic carbocycles. The molecule has 1 nitrogen and oxygen atoms in total. The molecule has 0 unspecified atom stereocenters. The molecule has 1 aromatic rings. The summed E-state index contributed by atoms with van der Waals surface area (Å²) >= 11 is 0. The zero-order valence-electron chi connectivity index (χ0n) is 9.68. The second kappa shape index (κ2) is 5.40. The van der Waals surface area contributed by atoms with Crippen molar-refractivity contribution < 1.29 is 22.0 Å². The molecule has 0 aliphatic rings. The van der Waals surface area contributed by atoms with Gasteiger partial charge >= 0.3 is 12.1 Å². The monoisotopic (exact) mass is 289 g/mol. The van der Waals surface area contributed by atoms with Gasteiger partial charge in [0.25, 0.3) is 0 Å². The number of nitrogens with two attached hydrogens (primary N) is 1. The fourth-order valence-electron chi connectivity index (χ4n) is 1.48. The van der Waals surface area contributed by atoms with Crippen molar-refractivity contribution in [1.29, 1.82) is 0 Å². The Kier molecular flexibility index (Phi) is 5.14. The number of alkyl halides is 5. The van der Waals surface area contributed by atoms with E-state index in [0.717, 1.165) is 0 Å². The number of halogens is 6. The standard InChI is InChI=1S/C11H12F5N.ClH/c1-6-4-3-5-8(7(6)2)9(17)10(12,13)11(14,15)16;/h3-5,9H,17H2,1-2H3;1H/t9-;/m1./s1. The van der Waals surface area contributed by atoms with Crippen molar-refractivity contribution in [3.63, 3.8) is 0 Å². The van der Waals surface area contributed by atoms with Gasteiger partial charge in [0.05, 0.1) is 0 Å². The van der Waals surface area contributed by atoms with Crippen LogP contribution in [0.1, 0.15) is 22.7 Å². The average molecular weight is 290 g/mol. The Hall–Kier alpha value is -0.880. The summed E-state index contributed by atoms with van der Waals surface area (Å²) in [6.45, 7) is 3.09. The van der Waals surface area contributed by atoms with E-state index >= 15 is 0 Å². The molecular weight excluding hydrogens is 277 g/mol. The number of aryl methyl sites for hydroxylation is 1. The van der Waals surface area contributed by atoms with Crippen LogP contribution in [0.25, 0.3) is 0 Å². The van der Waals surface area contributed by atoms with Crippen LogP contribution in [0, 0.1) is 13.8 Å². The van der Waals surface area contributed by atoms with Gasteiger partial charge in [0.1, 0.15) is 6.04 Å². The van der Waals surface area contributed by atoms with Crippen molar-refractivity contribution >= 4 is 12.4 Å². The van der Waals surface area contributed by atoms with Crippen molar-refractivity contribution in [2.45, 2.75) is 32.0 Å². The Morgan fingerprint density at radius 1 is 1.06 bits per heavy atom. The van der Waals surface area contributed by atoms with E-state index < -0.39 is 18.1 Å². The molecule has 1 aromatic carbocycles. The molecule has 0 radical (unpaired) electrons. The lowest BCUT2D eigenvalue weighted by Gasteiger charge is -2.27. The Morgan fingerprint density at radius 3 is 2.00 bits per heavy atom. The molecule has 0 saturated heterocycles. The second-order valence-electron chi connectivity index (χ2n) is 3.89. The second-order valence-corrected chi connectivity index (χ2v) is 3.89. The maximum absolute atomic E-state index is 13.1. The van der Waals surface area contributed by atoms with E-state index in [0.29, 0.717) is 11.1 Å². The highest BCUT2D eigenvalue weighted by Crippen LogP contribution is 2.44. The van der Waals surface area contributed by atoms with Crippen molar-refractivity contribution in [2.24, 2.45) is 5.73 Å². The smallest absolute Gasteiger partial charge is 0.319 e. The van der Waals surface area contributed by atoms with Crippen LogP contribution in [-0.2, 0) is 0 Å². The van der Waals surface area contributed by atoms with Crippen molar-refractivity contribution in [3.8, 4) is 0 Å². The molecule has 0 fully saturated rings. The molecule has 0 saturated carbocycles. The predicted molar refractivity (Wildman–Crippen MR) is 61.1 cm³/mol. The summed E-state index contributed by atoms with van der Waals surface area (Å²) in [5.41, 5.74) is 5.84. The topological polar surface area (TPSA) is 26.0 Å². The molecule has 104 valence electrons. The molecule has 1 rings (SSSR count). The predicted octanol–water partition coefficient (Wildman–Crippen LogP) is 3.92. The maximum Gasteiger partial charge on any atom is 0.455 e. The summed E-state index contributed by atoms with van der Waals surface area (Å²) in [6.07, 6.45) is -5.65. The Bertz CT molecular complexity index is 416. The van der Waals surface area contributed by atoms with Crippen molar-refractivity contribution in [1.82, 2.24) is 0 Å². The lowest BCUT2D eigenvalue weighted by Crippen LogP contribution is -2.46. The van der Waals surface area contributed by atoms with E-state index in [2.05, 4.69) is 0 Å². The van der Waals surface area contributed by atoms with Crippen LogP contribution in [-0.4, -0.2) is 12.1 Å². The normalized spacial score (nSPS) is 14.0. The lowest BCUT2D eigenvalue weighted by atomic mass is 9.94. The van der Waals surface area contributed by atoms with Gasteiger partial charge in [-0.1, -0.05) is 18.2 Å². The molecule has 0 spiro atoms. The third-order valence-electron chi connectivity index (χ3n) is 2.75. The van der Waals surface area contributed by atoms with E-state index in [9.17, 15) is 22.0 Å². The zero-order chi connectivity index (χ0) is 13.4. The van der Waals surface area contributed by atoms with Gasteiger partial charge in [0, 0.05) is 0 Å². The fraction of sp³-hybridized carbons (Fsp3) is 0.455. The van der Waals surface area contributed by atoms with Crippen LogP contribution >= 0.6 is 12.4 Å². The van der Waals surface area contributed by atoms with Crippen molar-refractivity contribution in [3.05, 3.63) is 34.9 Å². The Balaban J connectivity index is 0.00000289. The first-order valence-electron chi connectivity index (χ1n) is 4.85. The van der Waals surface area contributed by atoms with Crippen molar-refractivity contribution in [2.75, 3.05) is 0 Å². The summed E-state index contributed by atoms with van der Waals surface area (Å²) < 4.78 is 62.7. The van der Waals surface area contributed by atoms with Gasteiger partial charge in [-0.3, -0.25) is 0 Å². The van der Waals surface area contributed by atoms with Crippen LogP contribution in [0.15, 0.2) is 18.2 Å². The first-order chi connectivity index (χ1) is 7.59. The third-order valence-corrected chi connectivity index (χ3v) is 2.75. The van der Waals surface area contributed by atoms with E-state index in [-0.39, 0.29) is 18.0 Å². The van der Waals surface area contributed by atoms with Crippen LogP contribution in [0.4, 0.5) is 22.0 Å². The zero-order valence-corrected chi connectivity index (χ0v) is 10.5. The summed E-state index contributed by atoms with van der Waals surface area (Å²) in [5, 5.41) is 0. The molecule has 1 atom stereocenters. The number of hydrogen-bond donors (Lipinski definition) is 1. The SMILES string of the molecule is Cc1cccc([C@@H](N)C(F)(F)C(F)(F)F)c1C.Cl. The number of hydrogen-bond acceptors (Lipinski definition) is 1. The van der Waals surface area contributed by atoms with Crippen LogP contribution in [0.5, 0.6) is 0 Å². The summed E-state index contributed by atoms with van der Waals surface area (Å²) in [7, 11) is 0. The Labute approximate surface area is 108 Å². The highest BCUT2D eigenvalue weighted by atomic mass is 35.5. The molecule has 0 aliphatic heterocycles. The van der Waals surface area contributed by atoms with Crippen LogP contribution < -0.4 is 5.73 Å². The highest BCUT2D eigenvalue weighted by molar-refractivity contribution is 5.85. The van der Waals surface area contributed by atoms with Gasteiger partial charge in [-0.15, -0.1) is 12.4 Å². The molecule has 0 bridgehead atoms. The molecule has 0 heterocycles. The minimum Gasteiger partial charge on any atom is -0.319 e. The Morgan fingerprint density at radius 2 is 1.56 bits per heavy atom. The van der Waals surface area contributed by atoms with E-state index in [1.54, 1.807) is 13.0 Å². The fourth-order valence-corrected chi connectivity index (χ4v) is 1.48. The minimum atomic E-state index is -5.65. The van der Waals surface area contributed by atoms with E-state index in [1.165, 1.54) is 19.1 Å². The number of benzene rings is 1. The quantitative estimate of drug-likeness (QED) is 0.821. The third kappa shape index (κ3) is 2.92. The molecule has 18 heavy (non-hydrogen) atoms. The van der Waals surface area contributed by atoms with Gasteiger partial charge < -0.3 is 5.73 Å². The van der Waals surface area contributed by atoms with E-state index in [4.69, 9.17) is 5.73 Å². The molecule has 7 heteroatoms. The molecule has 0 aromatic heterocycles. The summed E-state index contributed by atoms with van der Waals surface area (Å²) in [5.74, 6) is -4.94. The van der Waals surface area contributed by atoms with Crippen LogP contribution in [0.2, 0.25) is 0 Å². The highest BCUT2D eigenvalue weighted by Gasteiger charge is 2.61. The average Bonchev–Trinajstić information content (AvgIpc) is 2.19. The lowest BCUT2D eigenvalue weighted by molar-refractivity contribution is -0.291. The van der Waals surface area contributed by atoms with Gasteiger partial charge in [-0.25, -0.2) is 0 Å². The van der Waals surface area contributed by atoms with E-state index in [1.807, 2.05) is 0 Å². The first kappa shape index (κ1) is 17.1. The minimum absolute atomic E-state index is 0.